The van der Waals surface area contributed by atoms with Crippen LogP contribution in [0.1, 0.15) is 71.6 Å². The van der Waals surface area contributed by atoms with Crippen LogP contribution in [-0.4, -0.2) is 6.04 Å². The second-order valence-corrected chi connectivity index (χ2v) is 4.58. The first-order valence-corrected chi connectivity index (χ1v) is 6.68. The van der Waals surface area contributed by atoms with E-state index in [1.54, 1.807) is 0 Å². The maximum atomic E-state index is 5.68. The molecule has 0 heterocycles. The van der Waals surface area contributed by atoms with Gasteiger partial charge >= 0.3 is 0 Å². The fourth-order valence-corrected chi connectivity index (χ4v) is 1.65. The lowest BCUT2D eigenvalue weighted by molar-refractivity contribution is 0.601. The van der Waals surface area contributed by atoms with Crippen LogP contribution < -0.4 is 5.73 Å². The zero-order chi connectivity index (χ0) is 11.4. The highest BCUT2D eigenvalue weighted by atomic mass is 14.6. The van der Waals surface area contributed by atoms with Crippen LogP contribution in [-0.2, 0) is 0 Å². The second-order valence-electron chi connectivity index (χ2n) is 4.58. The summed E-state index contributed by atoms with van der Waals surface area (Å²) in [6, 6.07) is 0.378. The molecule has 0 radical (unpaired) electrons. The van der Waals surface area contributed by atoms with Gasteiger partial charge in [0.1, 0.15) is 0 Å². The summed E-state index contributed by atoms with van der Waals surface area (Å²) in [4.78, 5) is 0. The fourth-order valence-electron chi connectivity index (χ4n) is 1.65. The van der Waals surface area contributed by atoms with Gasteiger partial charge in [-0.15, -0.1) is 0 Å². The van der Waals surface area contributed by atoms with Crippen molar-refractivity contribution in [1.29, 1.82) is 0 Å². The average Bonchev–Trinajstić information content (AvgIpc) is 2.20. The van der Waals surface area contributed by atoms with Gasteiger partial charge in [-0.1, -0.05) is 44.8 Å². The van der Waals surface area contributed by atoms with Crippen LogP contribution >= 0.6 is 0 Å². The van der Waals surface area contributed by atoms with Gasteiger partial charge in [0, 0.05) is 6.04 Å². The molecule has 0 spiro atoms. The summed E-state index contributed by atoms with van der Waals surface area (Å²) in [5, 5.41) is 0. The Morgan fingerprint density at radius 3 is 2.07 bits per heavy atom. The molecular weight excluding hydrogens is 182 g/mol. The number of unbranched alkanes of at least 4 members (excludes halogenated alkanes) is 6. The highest BCUT2D eigenvalue weighted by Gasteiger charge is 1.92. The zero-order valence-corrected chi connectivity index (χ0v) is 10.7. The van der Waals surface area contributed by atoms with Crippen molar-refractivity contribution in [3.05, 3.63) is 12.2 Å². The van der Waals surface area contributed by atoms with Gasteiger partial charge in [-0.25, -0.2) is 0 Å². The van der Waals surface area contributed by atoms with E-state index in [1.807, 2.05) is 0 Å². The van der Waals surface area contributed by atoms with Crippen molar-refractivity contribution in [1.82, 2.24) is 0 Å². The molecule has 1 heteroatoms. The van der Waals surface area contributed by atoms with Gasteiger partial charge in [0.25, 0.3) is 0 Å². The van der Waals surface area contributed by atoms with E-state index in [2.05, 4.69) is 26.0 Å². The molecule has 0 fully saturated rings. The smallest absolute Gasteiger partial charge is 0.00104 e. The summed E-state index contributed by atoms with van der Waals surface area (Å²) in [7, 11) is 0. The van der Waals surface area contributed by atoms with Gasteiger partial charge in [-0.2, -0.15) is 0 Å². The molecule has 2 N–H and O–H groups in total. The van der Waals surface area contributed by atoms with E-state index in [4.69, 9.17) is 5.73 Å². The Hall–Kier alpha value is -0.300. The normalized spacial score (nSPS) is 13.5. The molecule has 0 aliphatic carbocycles. The van der Waals surface area contributed by atoms with Crippen LogP contribution in [0, 0.1) is 0 Å². The molecule has 0 amide bonds. The second kappa shape index (κ2) is 11.8. The van der Waals surface area contributed by atoms with E-state index in [0.29, 0.717) is 6.04 Å². The van der Waals surface area contributed by atoms with Crippen molar-refractivity contribution in [3.63, 3.8) is 0 Å². The lowest BCUT2D eigenvalue weighted by atomic mass is 10.1. The van der Waals surface area contributed by atoms with Crippen LogP contribution in [0.5, 0.6) is 0 Å². The maximum absolute atomic E-state index is 5.68. The van der Waals surface area contributed by atoms with Crippen molar-refractivity contribution in [2.75, 3.05) is 0 Å². The summed E-state index contributed by atoms with van der Waals surface area (Å²) in [5.41, 5.74) is 5.68. The number of rotatable bonds is 10. The van der Waals surface area contributed by atoms with Gasteiger partial charge in [0.2, 0.25) is 0 Å². The van der Waals surface area contributed by atoms with Crippen molar-refractivity contribution < 1.29 is 0 Å². The molecule has 0 bridgehead atoms. The van der Waals surface area contributed by atoms with Gasteiger partial charge in [0.05, 0.1) is 0 Å². The van der Waals surface area contributed by atoms with Crippen molar-refractivity contribution in [2.45, 2.75) is 77.7 Å². The third kappa shape index (κ3) is 13.7. The fraction of sp³-hybridized carbons (Fsp3) is 0.857. The minimum Gasteiger partial charge on any atom is -0.328 e. The van der Waals surface area contributed by atoms with Crippen LogP contribution in [0.2, 0.25) is 0 Å². The van der Waals surface area contributed by atoms with Crippen LogP contribution in [0.25, 0.3) is 0 Å². The predicted octanol–water partition coefficient (Wildman–Crippen LogP) is 4.42. The highest BCUT2D eigenvalue weighted by Crippen LogP contribution is 2.05. The first kappa shape index (κ1) is 14.7. The standard InChI is InChI=1S/C14H29N/c1-3-4-5-6-7-8-9-10-11-12-13-14(2)15/h8-9,14H,3-7,10-13,15H2,1-2H3/b9-8+. The first-order valence-electron chi connectivity index (χ1n) is 6.68. The van der Waals surface area contributed by atoms with E-state index >= 15 is 0 Å². The molecule has 0 aromatic heterocycles. The van der Waals surface area contributed by atoms with E-state index in [1.165, 1.54) is 57.8 Å². The maximum Gasteiger partial charge on any atom is 0.00104 e. The van der Waals surface area contributed by atoms with Crippen LogP contribution in [0.15, 0.2) is 12.2 Å². The van der Waals surface area contributed by atoms with E-state index < -0.39 is 0 Å². The number of hydrogen-bond acceptors (Lipinski definition) is 1. The molecule has 0 aromatic rings. The lowest BCUT2D eigenvalue weighted by Crippen LogP contribution is -2.13. The quantitative estimate of drug-likeness (QED) is 0.420. The molecule has 15 heavy (non-hydrogen) atoms. The Morgan fingerprint density at radius 1 is 0.933 bits per heavy atom. The van der Waals surface area contributed by atoms with E-state index in [0.717, 1.165) is 0 Å². The largest absolute Gasteiger partial charge is 0.328 e. The van der Waals surface area contributed by atoms with E-state index in [-0.39, 0.29) is 0 Å². The monoisotopic (exact) mass is 211 g/mol. The zero-order valence-electron chi connectivity index (χ0n) is 10.7. The summed E-state index contributed by atoms with van der Waals surface area (Å²) in [5.74, 6) is 0. The Kier molecular flexibility index (Phi) is 11.5. The summed E-state index contributed by atoms with van der Waals surface area (Å²) >= 11 is 0. The Morgan fingerprint density at radius 2 is 1.53 bits per heavy atom. The Labute approximate surface area is 96.1 Å². The van der Waals surface area contributed by atoms with E-state index in [9.17, 15) is 0 Å². The minimum absolute atomic E-state index is 0.378. The summed E-state index contributed by atoms with van der Waals surface area (Å²) in [6.07, 6.45) is 16.4. The molecule has 0 aromatic carbocycles. The van der Waals surface area contributed by atoms with Gasteiger partial charge in [-0.05, 0) is 39.0 Å². The Bertz CT molecular complexity index is 138. The predicted molar refractivity (Wildman–Crippen MR) is 70.0 cm³/mol. The lowest BCUT2D eigenvalue weighted by Gasteiger charge is -2.02. The molecule has 1 atom stereocenters. The molecule has 1 unspecified atom stereocenters. The average molecular weight is 211 g/mol. The number of nitrogens with two attached hydrogens (primary N) is 1. The van der Waals surface area contributed by atoms with Gasteiger partial charge in [0.15, 0.2) is 0 Å². The molecule has 1 nitrogen and oxygen atoms in total. The molecular formula is C14H29N. The third-order valence-electron chi connectivity index (χ3n) is 2.67. The van der Waals surface area contributed by atoms with Gasteiger partial charge in [-0.3, -0.25) is 0 Å². The SMILES string of the molecule is CCCCCC/C=C/CCCCC(C)N. The molecule has 0 rings (SSSR count). The summed E-state index contributed by atoms with van der Waals surface area (Å²) in [6.45, 7) is 4.35. The number of allylic oxidation sites excluding steroid dienone is 2. The Balaban J connectivity index is 3.04. The molecule has 0 saturated carbocycles. The van der Waals surface area contributed by atoms with Crippen LogP contribution in [0.4, 0.5) is 0 Å². The molecule has 0 saturated heterocycles. The van der Waals surface area contributed by atoms with Crippen molar-refractivity contribution >= 4 is 0 Å². The summed E-state index contributed by atoms with van der Waals surface area (Å²) < 4.78 is 0. The van der Waals surface area contributed by atoms with Crippen molar-refractivity contribution in [2.24, 2.45) is 5.73 Å². The molecule has 0 aliphatic rings. The number of hydrogen-bond donors (Lipinski definition) is 1. The minimum atomic E-state index is 0.378. The highest BCUT2D eigenvalue weighted by molar-refractivity contribution is 4.81. The van der Waals surface area contributed by atoms with Crippen molar-refractivity contribution in [3.8, 4) is 0 Å². The topological polar surface area (TPSA) is 26.0 Å². The first-order chi connectivity index (χ1) is 7.27. The third-order valence-corrected chi connectivity index (χ3v) is 2.67. The molecule has 0 aliphatic heterocycles. The molecule has 90 valence electrons. The van der Waals surface area contributed by atoms with Gasteiger partial charge < -0.3 is 5.73 Å². The van der Waals surface area contributed by atoms with Crippen LogP contribution in [0.3, 0.4) is 0 Å².